The van der Waals surface area contributed by atoms with Crippen LogP contribution in [0.15, 0.2) is 53.8 Å². The average molecular weight is 520 g/mol. The van der Waals surface area contributed by atoms with Gasteiger partial charge in [-0.05, 0) is 62.6 Å². The minimum absolute atomic E-state index is 0.0319. The van der Waals surface area contributed by atoms with Crippen molar-refractivity contribution in [3.8, 4) is 5.75 Å². The third-order valence-electron chi connectivity index (χ3n) is 5.97. The molecule has 1 amide bonds. The number of aryl methyl sites for hydroxylation is 3. The number of carbonyl (C=O) groups excluding carboxylic acids is 2. The summed E-state index contributed by atoms with van der Waals surface area (Å²) in [7, 11) is 0. The lowest BCUT2D eigenvalue weighted by molar-refractivity contribution is -0.117. The molecule has 0 saturated heterocycles. The number of carbonyl (C=O) groups is 2. The van der Waals surface area contributed by atoms with E-state index in [0.717, 1.165) is 27.2 Å². The number of ether oxygens (including phenoxy) is 1. The lowest BCUT2D eigenvalue weighted by atomic mass is 9.95. The van der Waals surface area contributed by atoms with E-state index < -0.39 is 23.5 Å². The fourth-order valence-electron chi connectivity index (χ4n) is 4.30. The number of aliphatic hydroxyl groups excluding tert-OH is 1. The Balaban J connectivity index is 1.64. The summed E-state index contributed by atoms with van der Waals surface area (Å²) in [5.41, 5.74) is 3.12. The van der Waals surface area contributed by atoms with E-state index in [1.807, 2.05) is 63.2 Å². The highest BCUT2D eigenvalue weighted by atomic mass is 32.1. The van der Waals surface area contributed by atoms with Gasteiger partial charge in [0, 0.05) is 0 Å². The van der Waals surface area contributed by atoms with Crippen LogP contribution in [-0.4, -0.2) is 33.4 Å². The summed E-state index contributed by atoms with van der Waals surface area (Å²) in [6, 6.07) is 12.3. The number of anilines is 1. The Hall–Kier alpha value is -3.56. The standard InChI is InChI=1S/C27H25N3O4S2/c1-5-12-34-18-9-7-17(8-10-18)22-21(23(31)25-15(3)28-16(4)35-25)24(32)26(33)30(22)27-29-19-11-6-14(2)13-20(19)36-27/h6-11,13,22,32H,5,12H2,1-4H3. The van der Waals surface area contributed by atoms with Crippen LogP contribution in [0.3, 0.4) is 0 Å². The van der Waals surface area contributed by atoms with Crippen LogP contribution in [0.5, 0.6) is 5.75 Å². The van der Waals surface area contributed by atoms with Gasteiger partial charge in [0.05, 0.1) is 44.0 Å². The number of amides is 1. The number of fused-ring (bicyclic) bond motifs is 1. The van der Waals surface area contributed by atoms with Crippen molar-refractivity contribution < 1.29 is 19.4 Å². The molecule has 1 unspecified atom stereocenters. The van der Waals surface area contributed by atoms with Crippen molar-refractivity contribution in [2.75, 3.05) is 11.5 Å². The monoisotopic (exact) mass is 519 g/mol. The van der Waals surface area contributed by atoms with Crippen LogP contribution in [0.2, 0.25) is 0 Å². The van der Waals surface area contributed by atoms with Gasteiger partial charge < -0.3 is 9.84 Å². The van der Waals surface area contributed by atoms with Gasteiger partial charge in [0.1, 0.15) is 5.75 Å². The highest BCUT2D eigenvalue weighted by Crippen LogP contribution is 2.45. The molecule has 1 aliphatic rings. The normalized spacial score (nSPS) is 15.8. The number of ketones is 1. The molecule has 0 spiro atoms. The van der Waals surface area contributed by atoms with Crippen molar-refractivity contribution in [3.05, 3.63) is 80.5 Å². The molecule has 184 valence electrons. The number of hydrogen-bond acceptors (Lipinski definition) is 8. The summed E-state index contributed by atoms with van der Waals surface area (Å²) in [6.45, 7) is 8.20. The first-order valence-electron chi connectivity index (χ1n) is 11.6. The van der Waals surface area contributed by atoms with Crippen LogP contribution in [0.4, 0.5) is 5.13 Å². The van der Waals surface area contributed by atoms with Crippen LogP contribution >= 0.6 is 22.7 Å². The van der Waals surface area contributed by atoms with E-state index in [9.17, 15) is 14.7 Å². The lowest BCUT2D eigenvalue weighted by Crippen LogP contribution is -2.31. The Labute approximate surface area is 216 Å². The molecular weight excluding hydrogens is 494 g/mol. The van der Waals surface area contributed by atoms with Crippen LogP contribution in [-0.2, 0) is 4.79 Å². The first kappa shape index (κ1) is 24.1. The van der Waals surface area contributed by atoms with Gasteiger partial charge in [-0.1, -0.05) is 36.5 Å². The van der Waals surface area contributed by atoms with Gasteiger partial charge >= 0.3 is 0 Å². The van der Waals surface area contributed by atoms with Crippen molar-refractivity contribution in [2.45, 2.75) is 40.2 Å². The summed E-state index contributed by atoms with van der Waals surface area (Å²) in [5, 5.41) is 12.2. The van der Waals surface area contributed by atoms with Crippen LogP contribution in [0.1, 0.15) is 50.9 Å². The molecule has 2 aromatic heterocycles. The number of nitrogens with zero attached hydrogens (tertiary/aromatic N) is 3. The van der Waals surface area contributed by atoms with Crippen molar-refractivity contribution in [3.63, 3.8) is 0 Å². The summed E-state index contributed by atoms with van der Waals surface area (Å²) >= 11 is 2.61. The fourth-order valence-corrected chi connectivity index (χ4v) is 6.27. The number of Topliss-reactive ketones (excluding diaryl/α,β-unsaturated/α-hetero) is 1. The Kier molecular flexibility index (Phi) is 6.36. The highest BCUT2D eigenvalue weighted by molar-refractivity contribution is 7.22. The molecule has 7 nitrogen and oxygen atoms in total. The first-order chi connectivity index (χ1) is 17.3. The van der Waals surface area contributed by atoms with Crippen molar-refractivity contribution in [1.29, 1.82) is 0 Å². The molecule has 4 aromatic rings. The second-order valence-electron chi connectivity index (χ2n) is 8.70. The molecule has 1 atom stereocenters. The molecule has 9 heteroatoms. The summed E-state index contributed by atoms with van der Waals surface area (Å²) in [6.07, 6.45) is 0.882. The van der Waals surface area contributed by atoms with Gasteiger partial charge in [0.25, 0.3) is 5.91 Å². The third-order valence-corrected chi connectivity index (χ3v) is 8.06. The zero-order chi connectivity index (χ0) is 25.6. The van der Waals surface area contributed by atoms with Crippen molar-refractivity contribution >= 4 is 49.7 Å². The van der Waals surface area contributed by atoms with Gasteiger partial charge in [-0.2, -0.15) is 0 Å². The molecular formula is C27H25N3O4S2. The Morgan fingerprint density at radius 2 is 1.83 bits per heavy atom. The molecule has 1 N–H and O–H groups in total. The van der Waals surface area contributed by atoms with Crippen LogP contribution < -0.4 is 9.64 Å². The number of aliphatic hydroxyl groups is 1. The van der Waals surface area contributed by atoms with Crippen LogP contribution in [0, 0.1) is 20.8 Å². The number of thiazole rings is 2. The van der Waals surface area contributed by atoms with Gasteiger partial charge in [-0.3, -0.25) is 14.5 Å². The zero-order valence-electron chi connectivity index (χ0n) is 20.4. The molecule has 1 aliphatic heterocycles. The molecule has 0 saturated carbocycles. The second kappa shape index (κ2) is 9.48. The lowest BCUT2D eigenvalue weighted by Gasteiger charge is -2.24. The van der Waals surface area contributed by atoms with Crippen molar-refractivity contribution in [2.24, 2.45) is 0 Å². The quantitative estimate of drug-likeness (QED) is 0.290. The number of rotatable bonds is 7. The van der Waals surface area contributed by atoms with Gasteiger partial charge in [-0.25, -0.2) is 9.97 Å². The third kappa shape index (κ3) is 4.18. The van der Waals surface area contributed by atoms with E-state index in [4.69, 9.17) is 4.74 Å². The summed E-state index contributed by atoms with van der Waals surface area (Å²) < 4.78 is 6.64. The molecule has 2 aromatic carbocycles. The number of benzene rings is 2. The van der Waals surface area contributed by atoms with E-state index in [2.05, 4.69) is 9.97 Å². The van der Waals surface area contributed by atoms with E-state index in [1.54, 1.807) is 6.92 Å². The maximum Gasteiger partial charge on any atom is 0.296 e. The molecule has 3 heterocycles. The zero-order valence-corrected chi connectivity index (χ0v) is 22.0. The Morgan fingerprint density at radius 1 is 1.08 bits per heavy atom. The fraction of sp³-hybridized carbons (Fsp3) is 0.259. The molecule has 5 rings (SSSR count). The summed E-state index contributed by atoms with van der Waals surface area (Å²) in [4.78, 5) is 38.1. The van der Waals surface area contributed by atoms with Gasteiger partial charge in [0.15, 0.2) is 10.9 Å². The Bertz CT molecular complexity index is 1520. The van der Waals surface area contributed by atoms with Gasteiger partial charge in [-0.15, -0.1) is 11.3 Å². The minimum Gasteiger partial charge on any atom is -0.503 e. The predicted octanol–water partition coefficient (Wildman–Crippen LogP) is 6.25. The maximum absolute atomic E-state index is 13.8. The summed E-state index contributed by atoms with van der Waals surface area (Å²) in [5.74, 6) is -0.914. The highest BCUT2D eigenvalue weighted by Gasteiger charge is 2.46. The SMILES string of the molecule is CCCOc1ccc(C2C(C(=O)c3sc(C)nc3C)=C(O)C(=O)N2c2nc3ccc(C)cc3s2)cc1. The van der Waals surface area contributed by atoms with E-state index in [-0.39, 0.29) is 5.57 Å². The van der Waals surface area contributed by atoms with Crippen LogP contribution in [0.25, 0.3) is 10.2 Å². The molecule has 36 heavy (non-hydrogen) atoms. The average Bonchev–Trinajstić information content (AvgIpc) is 3.50. The molecule has 0 radical (unpaired) electrons. The number of hydrogen-bond donors (Lipinski definition) is 1. The van der Waals surface area contributed by atoms with Crippen molar-refractivity contribution in [1.82, 2.24) is 9.97 Å². The Morgan fingerprint density at radius 3 is 2.50 bits per heavy atom. The molecule has 0 aliphatic carbocycles. The molecule has 0 bridgehead atoms. The topological polar surface area (TPSA) is 92.6 Å². The maximum atomic E-state index is 13.8. The predicted molar refractivity (Wildman–Crippen MR) is 142 cm³/mol. The van der Waals surface area contributed by atoms with Gasteiger partial charge in [0.2, 0.25) is 5.78 Å². The van der Waals surface area contributed by atoms with E-state index in [1.165, 1.54) is 27.6 Å². The molecule has 0 fully saturated rings. The largest absolute Gasteiger partial charge is 0.503 e. The number of aromatic nitrogens is 2. The van der Waals surface area contributed by atoms with E-state index in [0.29, 0.717) is 33.6 Å². The van der Waals surface area contributed by atoms with E-state index >= 15 is 0 Å². The first-order valence-corrected chi connectivity index (χ1v) is 13.3. The minimum atomic E-state index is -0.839. The smallest absolute Gasteiger partial charge is 0.296 e. The second-order valence-corrected chi connectivity index (χ2v) is 10.9.